The largest absolute Gasteiger partial charge is 0.294 e. The van der Waals surface area contributed by atoms with Crippen molar-refractivity contribution in [3.63, 3.8) is 0 Å². The van der Waals surface area contributed by atoms with Gasteiger partial charge >= 0.3 is 0 Å². The number of hydrogen-bond acceptors (Lipinski definition) is 1. The van der Waals surface area contributed by atoms with Crippen LogP contribution in [-0.2, 0) is 0 Å². The molecule has 0 aromatic heterocycles. The van der Waals surface area contributed by atoms with E-state index in [4.69, 9.17) is 0 Å². The molecule has 15 heavy (non-hydrogen) atoms. The molecular formula is C14H27N. The van der Waals surface area contributed by atoms with Crippen LogP contribution in [0.15, 0.2) is 4.99 Å². The van der Waals surface area contributed by atoms with Gasteiger partial charge in [-0.25, -0.2) is 0 Å². The lowest BCUT2D eigenvalue weighted by Crippen LogP contribution is -1.97. The molecule has 1 rings (SSSR count). The third-order valence-corrected chi connectivity index (χ3v) is 3.28. The standard InChI is InChI=1S/C14H27N/c1-2-3-4-5-6-8-11-14-12-9-7-10-13-15-14/h2-13H2,1H3. The molecular weight excluding hydrogens is 182 g/mol. The van der Waals surface area contributed by atoms with E-state index in [1.165, 1.54) is 76.3 Å². The Morgan fingerprint density at radius 2 is 1.73 bits per heavy atom. The molecule has 0 bridgehead atoms. The van der Waals surface area contributed by atoms with Crippen molar-refractivity contribution in [2.45, 2.75) is 77.6 Å². The summed E-state index contributed by atoms with van der Waals surface area (Å²) >= 11 is 0. The van der Waals surface area contributed by atoms with E-state index >= 15 is 0 Å². The zero-order valence-electron chi connectivity index (χ0n) is 10.4. The summed E-state index contributed by atoms with van der Waals surface area (Å²) in [5.74, 6) is 0. The van der Waals surface area contributed by atoms with Gasteiger partial charge in [0.2, 0.25) is 0 Å². The number of aliphatic imine (C=N–C) groups is 1. The normalized spacial score (nSPS) is 17.3. The van der Waals surface area contributed by atoms with Crippen LogP contribution in [0.2, 0.25) is 0 Å². The Morgan fingerprint density at radius 1 is 0.933 bits per heavy atom. The van der Waals surface area contributed by atoms with Gasteiger partial charge in [0.1, 0.15) is 0 Å². The van der Waals surface area contributed by atoms with Gasteiger partial charge in [-0.2, -0.15) is 0 Å². The third-order valence-electron chi connectivity index (χ3n) is 3.28. The summed E-state index contributed by atoms with van der Waals surface area (Å²) in [6.07, 6.45) is 15.1. The molecule has 0 fully saturated rings. The lowest BCUT2D eigenvalue weighted by atomic mass is 10.0. The second kappa shape index (κ2) is 8.94. The molecule has 1 aliphatic rings. The number of nitrogens with zero attached hydrogens (tertiary/aromatic N) is 1. The Kier molecular flexibility index (Phi) is 7.59. The minimum absolute atomic E-state index is 1.10. The molecule has 1 heterocycles. The lowest BCUT2D eigenvalue weighted by molar-refractivity contribution is 0.614. The van der Waals surface area contributed by atoms with Crippen molar-refractivity contribution in [2.75, 3.05) is 6.54 Å². The highest BCUT2D eigenvalue weighted by atomic mass is 14.7. The van der Waals surface area contributed by atoms with E-state index in [0.717, 1.165) is 6.54 Å². The highest BCUT2D eigenvalue weighted by molar-refractivity contribution is 5.84. The first kappa shape index (κ1) is 12.7. The Bertz CT molecular complexity index is 172. The molecule has 0 saturated heterocycles. The van der Waals surface area contributed by atoms with E-state index in [9.17, 15) is 0 Å². The molecule has 0 unspecified atom stereocenters. The van der Waals surface area contributed by atoms with Crippen LogP contribution in [0.3, 0.4) is 0 Å². The van der Waals surface area contributed by atoms with E-state index in [2.05, 4.69) is 11.9 Å². The molecule has 1 aliphatic heterocycles. The van der Waals surface area contributed by atoms with Gasteiger partial charge in [-0.1, -0.05) is 45.4 Å². The third kappa shape index (κ3) is 6.70. The Morgan fingerprint density at radius 3 is 2.60 bits per heavy atom. The van der Waals surface area contributed by atoms with Crippen molar-refractivity contribution >= 4 is 5.71 Å². The second-order valence-corrected chi connectivity index (χ2v) is 4.78. The number of hydrogen-bond donors (Lipinski definition) is 0. The SMILES string of the molecule is CCCCCCCCC1=NCCCCC1. The molecule has 0 spiro atoms. The van der Waals surface area contributed by atoms with Crippen molar-refractivity contribution in [3.05, 3.63) is 0 Å². The van der Waals surface area contributed by atoms with E-state index in [1.54, 1.807) is 0 Å². The van der Waals surface area contributed by atoms with Crippen LogP contribution in [0.4, 0.5) is 0 Å². The number of rotatable bonds is 7. The van der Waals surface area contributed by atoms with Crippen LogP contribution in [0.25, 0.3) is 0 Å². The minimum atomic E-state index is 1.10. The van der Waals surface area contributed by atoms with Gasteiger partial charge < -0.3 is 0 Å². The minimum Gasteiger partial charge on any atom is -0.294 e. The monoisotopic (exact) mass is 209 g/mol. The van der Waals surface area contributed by atoms with Crippen molar-refractivity contribution in [1.29, 1.82) is 0 Å². The maximum Gasteiger partial charge on any atom is 0.0388 e. The summed E-state index contributed by atoms with van der Waals surface area (Å²) in [7, 11) is 0. The molecule has 1 nitrogen and oxygen atoms in total. The quantitative estimate of drug-likeness (QED) is 0.536. The second-order valence-electron chi connectivity index (χ2n) is 4.78. The molecule has 0 N–H and O–H groups in total. The molecule has 88 valence electrons. The summed E-state index contributed by atoms with van der Waals surface area (Å²) < 4.78 is 0. The first-order valence-electron chi connectivity index (χ1n) is 6.95. The van der Waals surface area contributed by atoms with Crippen molar-refractivity contribution in [2.24, 2.45) is 4.99 Å². The van der Waals surface area contributed by atoms with Crippen LogP contribution in [-0.4, -0.2) is 12.3 Å². The first-order valence-corrected chi connectivity index (χ1v) is 6.95. The first-order chi connectivity index (χ1) is 7.43. The van der Waals surface area contributed by atoms with Gasteiger partial charge in [-0.05, 0) is 32.1 Å². The fraction of sp³-hybridized carbons (Fsp3) is 0.929. The van der Waals surface area contributed by atoms with Crippen LogP contribution in [0.1, 0.15) is 77.6 Å². The molecule has 0 atom stereocenters. The van der Waals surface area contributed by atoms with E-state index < -0.39 is 0 Å². The van der Waals surface area contributed by atoms with Crippen molar-refractivity contribution in [1.82, 2.24) is 0 Å². The van der Waals surface area contributed by atoms with Crippen LogP contribution in [0, 0.1) is 0 Å². The van der Waals surface area contributed by atoms with Gasteiger partial charge in [-0.15, -0.1) is 0 Å². The van der Waals surface area contributed by atoms with Crippen LogP contribution >= 0.6 is 0 Å². The average molecular weight is 209 g/mol. The molecule has 0 saturated carbocycles. The molecule has 0 amide bonds. The zero-order valence-corrected chi connectivity index (χ0v) is 10.4. The van der Waals surface area contributed by atoms with E-state index in [1.807, 2.05) is 0 Å². The Hall–Kier alpha value is -0.330. The predicted molar refractivity (Wildman–Crippen MR) is 68.8 cm³/mol. The van der Waals surface area contributed by atoms with E-state index in [0.29, 0.717) is 0 Å². The van der Waals surface area contributed by atoms with Crippen LogP contribution < -0.4 is 0 Å². The highest BCUT2D eigenvalue weighted by Crippen LogP contribution is 2.13. The maximum atomic E-state index is 4.67. The Labute approximate surface area is 95.4 Å². The fourth-order valence-electron chi connectivity index (χ4n) is 2.25. The lowest BCUT2D eigenvalue weighted by Gasteiger charge is -2.03. The van der Waals surface area contributed by atoms with Gasteiger partial charge in [0.25, 0.3) is 0 Å². The topological polar surface area (TPSA) is 12.4 Å². The van der Waals surface area contributed by atoms with Gasteiger partial charge in [-0.3, -0.25) is 4.99 Å². The molecule has 0 aliphatic carbocycles. The summed E-state index contributed by atoms with van der Waals surface area (Å²) in [6.45, 7) is 3.38. The molecule has 0 radical (unpaired) electrons. The average Bonchev–Trinajstić information content (AvgIpc) is 2.52. The van der Waals surface area contributed by atoms with Gasteiger partial charge in [0.05, 0.1) is 0 Å². The van der Waals surface area contributed by atoms with Gasteiger partial charge in [0, 0.05) is 12.3 Å². The van der Waals surface area contributed by atoms with Crippen LogP contribution in [0.5, 0.6) is 0 Å². The molecule has 0 aromatic rings. The van der Waals surface area contributed by atoms with Crippen molar-refractivity contribution in [3.8, 4) is 0 Å². The smallest absolute Gasteiger partial charge is 0.0388 e. The van der Waals surface area contributed by atoms with Crippen molar-refractivity contribution < 1.29 is 0 Å². The van der Waals surface area contributed by atoms with Gasteiger partial charge in [0.15, 0.2) is 0 Å². The summed E-state index contributed by atoms with van der Waals surface area (Å²) in [5, 5.41) is 0. The van der Waals surface area contributed by atoms with E-state index in [-0.39, 0.29) is 0 Å². The summed E-state index contributed by atoms with van der Waals surface area (Å²) in [4.78, 5) is 4.67. The Balaban J connectivity index is 1.96. The predicted octanol–water partition coefficient (Wildman–Crippen LogP) is 4.75. The highest BCUT2D eigenvalue weighted by Gasteiger charge is 2.03. The number of unbranched alkanes of at least 4 members (excludes halogenated alkanes) is 5. The summed E-state index contributed by atoms with van der Waals surface area (Å²) in [5.41, 5.74) is 1.52. The maximum absolute atomic E-state index is 4.67. The zero-order chi connectivity index (χ0) is 10.8. The molecule has 1 heteroatoms. The molecule has 0 aromatic carbocycles. The summed E-state index contributed by atoms with van der Waals surface area (Å²) in [6, 6.07) is 0. The fourth-order valence-corrected chi connectivity index (χ4v) is 2.25.